The van der Waals surface area contributed by atoms with Crippen LogP contribution in [0.1, 0.15) is 18.4 Å². The van der Waals surface area contributed by atoms with Crippen molar-refractivity contribution in [2.45, 2.75) is 26.0 Å². The summed E-state index contributed by atoms with van der Waals surface area (Å²) in [4.78, 5) is 12.1. The highest BCUT2D eigenvalue weighted by molar-refractivity contribution is 5.88. The zero-order valence-corrected chi connectivity index (χ0v) is 16.6. The van der Waals surface area contributed by atoms with Crippen LogP contribution in [0.25, 0.3) is 10.8 Å². The van der Waals surface area contributed by atoms with Gasteiger partial charge in [0.15, 0.2) is 11.5 Å². The maximum absolute atomic E-state index is 12.4. The van der Waals surface area contributed by atoms with Gasteiger partial charge in [0, 0.05) is 18.4 Å². The van der Waals surface area contributed by atoms with Crippen LogP contribution in [-0.4, -0.2) is 26.2 Å². The maximum Gasteiger partial charge on any atom is 0.387 e. The van der Waals surface area contributed by atoms with Crippen molar-refractivity contribution in [2.24, 2.45) is 0 Å². The van der Waals surface area contributed by atoms with Crippen LogP contribution in [0.2, 0.25) is 0 Å². The lowest BCUT2D eigenvalue weighted by atomic mass is 10.1. The van der Waals surface area contributed by atoms with E-state index in [4.69, 9.17) is 9.47 Å². The van der Waals surface area contributed by atoms with Crippen molar-refractivity contribution in [1.29, 1.82) is 0 Å². The Hall–Kier alpha value is -3.35. The third-order valence-corrected chi connectivity index (χ3v) is 4.49. The fourth-order valence-electron chi connectivity index (χ4n) is 3.04. The van der Waals surface area contributed by atoms with Gasteiger partial charge in [0.25, 0.3) is 0 Å². The van der Waals surface area contributed by atoms with Crippen LogP contribution in [-0.2, 0) is 11.3 Å². The highest BCUT2D eigenvalue weighted by atomic mass is 19.3. The van der Waals surface area contributed by atoms with Crippen molar-refractivity contribution in [2.75, 3.05) is 13.7 Å². The molecule has 0 aliphatic heterocycles. The fourth-order valence-corrected chi connectivity index (χ4v) is 3.04. The number of methoxy groups -OCH3 is 1. The second kappa shape index (κ2) is 10.4. The Morgan fingerprint density at radius 2 is 1.80 bits per heavy atom. The molecule has 5 nitrogen and oxygen atoms in total. The SMILES string of the molecule is COc1cc(CNC(=O)CCCOc2cccc3ccccc23)ccc1OC(F)F. The maximum atomic E-state index is 12.4. The van der Waals surface area contributed by atoms with Crippen molar-refractivity contribution in [3.05, 3.63) is 66.2 Å². The van der Waals surface area contributed by atoms with E-state index in [0.717, 1.165) is 16.5 Å². The number of halogens is 2. The van der Waals surface area contributed by atoms with Gasteiger partial charge < -0.3 is 19.5 Å². The Morgan fingerprint density at radius 3 is 2.60 bits per heavy atom. The normalized spacial score (nSPS) is 10.8. The third kappa shape index (κ3) is 5.83. The Balaban J connectivity index is 1.44. The van der Waals surface area contributed by atoms with Gasteiger partial charge in [0.1, 0.15) is 5.75 Å². The molecule has 3 rings (SSSR count). The highest BCUT2D eigenvalue weighted by Gasteiger charge is 2.11. The zero-order valence-electron chi connectivity index (χ0n) is 16.6. The Kier molecular flexibility index (Phi) is 7.43. The van der Waals surface area contributed by atoms with Crippen LogP contribution in [0.5, 0.6) is 17.2 Å². The summed E-state index contributed by atoms with van der Waals surface area (Å²) < 4.78 is 40.0. The second-order valence-electron chi connectivity index (χ2n) is 6.57. The minimum atomic E-state index is -2.93. The monoisotopic (exact) mass is 415 g/mol. The molecular weight excluding hydrogens is 392 g/mol. The number of benzene rings is 3. The molecule has 0 atom stereocenters. The summed E-state index contributed by atoms with van der Waals surface area (Å²) in [7, 11) is 1.37. The number of hydrogen-bond donors (Lipinski definition) is 1. The standard InChI is InChI=1S/C23H23F2NO4/c1-28-21-14-16(11-12-20(21)30-23(24)25)15-26-22(27)10-5-13-29-19-9-4-7-17-6-2-3-8-18(17)19/h2-4,6-9,11-12,14,23H,5,10,13,15H2,1H3,(H,26,27). The van der Waals surface area contributed by atoms with E-state index in [1.165, 1.54) is 13.2 Å². The first kappa shape index (κ1) is 21.4. The molecule has 0 saturated heterocycles. The van der Waals surface area contributed by atoms with Crippen molar-refractivity contribution in [3.8, 4) is 17.2 Å². The summed E-state index contributed by atoms with van der Waals surface area (Å²) in [5, 5.41) is 4.94. The van der Waals surface area contributed by atoms with Crippen LogP contribution in [0.3, 0.4) is 0 Å². The van der Waals surface area contributed by atoms with Crippen molar-refractivity contribution < 1.29 is 27.8 Å². The lowest BCUT2D eigenvalue weighted by Crippen LogP contribution is -2.23. The predicted octanol–water partition coefficient (Wildman–Crippen LogP) is 4.93. The largest absolute Gasteiger partial charge is 0.493 e. The average molecular weight is 415 g/mol. The Labute approximate surface area is 173 Å². The summed E-state index contributed by atoms with van der Waals surface area (Å²) in [6.45, 7) is -2.25. The highest BCUT2D eigenvalue weighted by Crippen LogP contribution is 2.29. The molecule has 0 unspecified atom stereocenters. The molecule has 7 heteroatoms. The zero-order chi connectivity index (χ0) is 21.3. The molecule has 0 aliphatic carbocycles. The minimum absolute atomic E-state index is 0.0480. The van der Waals surface area contributed by atoms with Crippen molar-refractivity contribution in [1.82, 2.24) is 5.32 Å². The first-order chi connectivity index (χ1) is 14.6. The molecule has 0 aromatic heterocycles. The van der Waals surface area contributed by atoms with Gasteiger partial charge in [-0.25, -0.2) is 0 Å². The van der Waals surface area contributed by atoms with Gasteiger partial charge in [-0.05, 0) is 35.6 Å². The van der Waals surface area contributed by atoms with Crippen LogP contribution in [0.15, 0.2) is 60.7 Å². The fraction of sp³-hybridized carbons (Fsp3) is 0.261. The second-order valence-corrected chi connectivity index (χ2v) is 6.57. The number of hydrogen-bond acceptors (Lipinski definition) is 4. The van der Waals surface area contributed by atoms with Gasteiger partial charge in [-0.1, -0.05) is 42.5 Å². The van der Waals surface area contributed by atoms with Crippen molar-refractivity contribution >= 4 is 16.7 Å². The average Bonchev–Trinajstić information content (AvgIpc) is 2.75. The number of rotatable bonds is 10. The molecule has 0 spiro atoms. The number of nitrogens with one attached hydrogen (secondary N) is 1. The first-order valence-electron chi connectivity index (χ1n) is 9.56. The van der Waals surface area contributed by atoms with E-state index in [2.05, 4.69) is 10.1 Å². The van der Waals surface area contributed by atoms with Crippen LogP contribution >= 0.6 is 0 Å². The summed E-state index contributed by atoms with van der Waals surface area (Å²) in [6, 6.07) is 18.4. The van der Waals surface area contributed by atoms with E-state index in [1.807, 2.05) is 42.5 Å². The molecular formula is C23H23F2NO4. The smallest absolute Gasteiger partial charge is 0.387 e. The number of amides is 1. The molecule has 30 heavy (non-hydrogen) atoms. The van der Waals surface area contributed by atoms with E-state index < -0.39 is 6.61 Å². The lowest BCUT2D eigenvalue weighted by molar-refractivity contribution is -0.121. The van der Waals surface area contributed by atoms with Crippen molar-refractivity contribution in [3.63, 3.8) is 0 Å². The van der Waals surface area contributed by atoms with Crippen LogP contribution in [0.4, 0.5) is 8.78 Å². The van der Waals surface area contributed by atoms with Crippen LogP contribution in [0, 0.1) is 0 Å². The number of carbonyl (C=O) groups excluding carboxylic acids is 1. The van der Waals surface area contributed by atoms with Crippen LogP contribution < -0.4 is 19.5 Å². The van der Waals surface area contributed by atoms with E-state index in [1.54, 1.807) is 12.1 Å². The minimum Gasteiger partial charge on any atom is -0.493 e. The quantitative estimate of drug-likeness (QED) is 0.477. The van der Waals surface area contributed by atoms with E-state index in [-0.39, 0.29) is 24.0 Å². The summed E-state index contributed by atoms with van der Waals surface area (Å²) in [5.74, 6) is 0.814. The number of fused-ring (bicyclic) bond motifs is 1. The first-order valence-corrected chi connectivity index (χ1v) is 9.56. The van der Waals surface area contributed by atoms with Gasteiger partial charge in [-0.15, -0.1) is 0 Å². The molecule has 158 valence electrons. The molecule has 0 heterocycles. The van der Waals surface area contributed by atoms with E-state index in [9.17, 15) is 13.6 Å². The van der Waals surface area contributed by atoms with E-state index in [0.29, 0.717) is 25.0 Å². The Morgan fingerprint density at radius 1 is 1.00 bits per heavy atom. The molecule has 3 aromatic rings. The molecule has 3 aromatic carbocycles. The predicted molar refractivity (Wildman–Crippen MR) is 110 cm³/mol. The van der Waals surface area contributed by atoms with Gasteiger partial charge in [0.2, 0.25) is 5.91 Å². The molecule has 1 amide bonds. The summed E-state index contributed by atoms with van der Waals surface area (Å²) in [6.07, 6.45) is 0.883. The van der Waals surface area contributed by atoms with E-state index >= 15 is 0 Å². The molecule has 0 saturated carbocycles. The lowest BCUT2D eigenvalue weighted by Gasteiger charge is -2.12. The summed E-state index contributed by atoms with van der Waals surface area (Å²) in [5.41, 5.74) is 0.717. The van der Waals surface area contributed by atoms with Gasteiger partial charge in [0.05, 0.1) is 13.7 Å². The molecule has 0 fully saturated rings. The molecule has 0 bridgehead atoms. The molecule has 0 aliphatic rings. The molecule has 1 N–H and O–H groups in total. The Bertz CT molecular complexity index is 989. The van der Waals surface area contributed by atoms with Gasteiger partial charge in [-0.2, -0.15) is 8.78 Å². The van der Waals surface area contributed by atoms with Gasteiger partial charge >= 0.3 is 6.61 Å². The summed E-state index contributed by atoms with van der Waals surface area (Å²) >= 11 is 0. The number of ether oxygens (including phenoxy) is 3. The number of carbonyl (C=O) groups is 1. The molecule has 0 radical (unpaired) electrons. The van der Waals surface area contributed by atoms with Gasteiger partial charge in [-0.3, -0.25) is 4.79 Å². The number of alkyl halides is 2. The topological polar surface area (TPSA) is 56.8 Å². The third-order valence-electron chi connectivity index (χ3n) is 4.49.